The van der Waals surface area contributed by atoms with Gasteiger partial charge in [0.25, 0.3) is 0 Å². The Morgan fingerprint density at radius 2 is 1.79 bits per heavy atom. The number of ether oxygens (including phenoxy) is 2. The maximum Gasteiger partial charge on any atom is 0.173 e. The quantitative estimate of drug-likeness (QED) is 0.623. The summed E-state index contributed by atoms with van der Waals surface area (Å²) in [6.07, 6.45) is 1.70. The van der Waals surface area contributed by atoms with Gasteiger partial charge in [-0.3, -0.25) is 4.79 Å². The van der Waals surface area contributed by atoms with Crippen LogP contribution in [0, 0.1) is 18.8 Å². The van der Waals surface area contributed by atoms with E-state index in [0.29, 0.717) is 22.1 Å². The Hall–Kier alpha value is -1.82. The van der Waals surface area contributed by atoms with Gasteiger partial charge in [0.15, 0.2) is 5.78 Å². The molecule has 3 aliphatic rings. The van der Waals surface area contributed by atoms with Gasteiger partial charge in [0.2, 0.25) is 0 Å². The fourth-order valence-corrected chi connectivity index (χ4v) is 5.12. The van der Waals surface area contributed by atoms with Gasteiger partial charge in [-0.1, -0.05) is 17.7 Å². The van der Waals surface area contributed by atoms with Crippen molar-refractivity contribution in [2.75, 3.05) is 0 Å². The van der Waals surface area contributed by atoms with E-state index in [2.05, 4.69) is 15.9 Å². The summed E-state index contributed by atoms with van der Waals surface area (Å²) in [4.78, 5) is 13.1. The molecule has 1 N–H and O–H groups in total. The maximum absolute atomic E-state index is 13.1. The Morgan fingerprint density at radius 1 is 1.11 bits per heavy atom. The van der Waals surface area contributed by atoms with E-state index in [9.17, 15) is 9.90 Å². The molecule has 5 rings (SSSR count). The Morgan fingerprint density at radius 3 is 2.50 bits per heavy atom. The number of carbonyl (C=O) groups excluding carboxylic acids is 1. The number of rotatable bonds is 3. The van der Waals surface area contributed by atoms with E-state index in [1.165, 1.54) is 0 Å². The van der Waals surface area contributed by atoms with Crippen molar-refractivity contribution in [3.8, 4) is 11.5 Å². The monoisotopic (exact) mass is 460 g/mol. The van der Waals surface area contributed by atoms with Crippen molar-refractivity contribution in [1.29, 1.82) is 0 Å². The van der Waals surface area contributed by atoms with Crippen molar-refractivity contribution in [3.05, 3.63) is 62.8 Å². The number of hydrogen-bond donors (Lipinski definition) is 1. The number of halogens is 2. The van der Waals surface area contributed by atoms with Crippen molar-refractivity contribution in [2.45, 2.75) is 32.0 Å². The number of fused-ring (bicyclic) bond motifs is 5. The largest absolute Gasteiger partial charge is 0.511 e. The van der Waals surface area contributed by atoms with E-state index < -0.39 is 0 Å². The van der Waals surface area contributed by atoms with Crippen LogP contribution in [0.1, 0.15) is 24.0 Å². The van der Waals surface area contributed by atoms with Gasteiger partial charge >= 0.3 is 0 Å². The first kappa shape index (κ1) is 18.2. The second-order valence-corrected chi connectivity index (χ2v) is 8.88. The summed E-state index contributed by atoms with van der Waals surface area (Å²) < 4.78 is 12.6. The van der Waals surface area contributed by atoms with Crippen LogP contribution in [0.4, 0.5) is 0 Å². The molecule has 0 spiro atoms. The second kappa shape index (κ2) is 6.61. The average molecular weight is 462 g/mol. The standard InChI is InChI=1S/C22H18BrClO4/c1-10-2-3-11(27-12-4-5-14(23)15(24)9-12)8-13(10)18-21(25)19-16-6-7-17(28-16)20(19)22(18)26/h2-5,8-9,16-17,19-20,25H,6-7H2,1H3/t16-,17+,19-,20+/m1/s1. The molecule has 2 aliphatic heterocycles. The molecular weight excluding hydrogens is 444 g/mol. The third-order valence-corrected chi connectivity index (χ3v) is 7.23. The Balaban J connectivity index is 1.51. The van der Waals surface area contributed by atoms with Crippen LogP contribution in [-0.4, -0.2) is 23.1 Å². The maximum atomic E-state index is 13.1. The summed E-state index contributed by atoms with van der Waals surface area (Å²) >= 11 is 9.51. The number of carbonyl (C=O) groups is 1. The molecule has 0 amide bonds. The molecule has 0 radical (unpaired) electrons. The van der Waals surface area contributed by atoms with Gasteiger partial charge < -0.3 is 14.6 Å². The molecule has 4 nitrogen and oxygen atoms in total. The molecule has 144 valence electrons. The highest BCUT2D eigenvalue weighted by Crippen LogP contribution is 2.53. The fourth-order valence-electron chi connectivity index (χ4n) is 4.70. The molecule has 2 fully saturated rings. The minimum atomic E-state index is -0.247. The first-order valence-electron chi connectivity index (χ1n) is 9.31. The molecule has 2 heterocycles. The molecule has 0 aromatic heterocycles. The number of Topliss-reactive ketones (excluding diaryl/α,β-unsaturated/α-hetero) is 1. The molecule has 1 aliphatic carbocycles. The number of ketones is 1. The SMILES string of the molecule is Cc1ccc(Oc2ccc(Br)c(Cl)c2)cc1C1=C(O)[C@H]2[C@@H](C1=O)[C@@H]1CC[C@H]2O1. The predicted molar refractivity (Wildman–Crippen MR) is 110 cm³/mol. The van der Waals surface area contributed by atoms with Crippen LogP contribution in [0.2, 0.25) is 5.02 Å². The number of hydrogen-bond acceptors (Lipinski definition) is 4. The summed E-state index contributed by atoms with van der Waals surface area (Å²) in [5.74, 6) is 0.903. The minimum absolute atomic E-state index is 0.0124. The van der Waals surface area contributed by atoms with Gasteiger partial charge in [-0.25, -0.2) is 0 Å². The van der Waals surface area contributed by atoms with Crippen molar-refractivity contribution in [2.24, 2.45) is 11.8 Å². The van der Waals surface area contributed by atoms with Crippen LogP contribution in [-0.2, 0) is 9.53 Å². The molecule has 2 bridgehead atoms. The fraction of sp³-hybridized carbons (Fsp3) is 0.318. The molecule has 4 atom stereocenters. The van der Waals surface area contributed by atoms with Crippen LogP contribution >= 0.6 is 27.5 Å². The molecule has 2 saturated heterocycles. The van der Waals surface area contributed by atoms with Crippen LogP contribution in [0.5, 0.6) is 11.5 Å². The molecule has 2 aromatic rings. The molecule has 0 saturated carbocycles. The summed E-state index contributed by atoms with van der Waals surface area (Å²) in [7, 11) is 0. The molecule has 6 heteroatoms. The smallest absolute Gasteiger partial charge is 0.173 e. The Kier molecular flexibility index (Phi) is 4.30. The lowest BCUT2D eigenvalue weighted by molar-refractivity contribution is -0.118. The highest BCUT2D eigenvalue weighted by Gasteiger charge is 2.59. The van der Waals surface area contributed by atoms with Gasteiger partial charge in [0.1, 0.15) is 17.3 Å². The number of aliphatic hydroxyl groups excluding tert-OH is 1. The molecule has 28 heavy (non-hydrogen) atoms. The van der Waals surface area contributed by atoms with Crippen molar-refractivity contribution < 1.29 is 19.4 Å². The lowest BCUT2D eigenvalue weighted by atomic mass is 9.80. The number of allylic oxidation sites excluding steroid dienone is 1. The summed E-state index contributed by atoms with van der Waals surface area (Å²) in [5.41, 5.74) is 2.06. The van der Waals surface area contributed by atoms with E-state index in [1.807, 2.05) is 37.3 Å². The summed E-state index contributed by atoms with van der Waals surface area (Å²) in [6, 6.07) is 10.9. The van der Waals surface area contributed by atoms with Gasteiger partial charge in [-0.2, -0.15) is 0 Å². The number of aliphatic hydroxyl groups is 1. The van der Waals surface area contributed by atoms with Gasteiger partial charge in [0, 0.05) is 10.5 Å². The number of benzene rings is 2. The van der Waals surface area contributed by atoms with Crippen LogP contribution < -0.4 is 4.74 Å². The van der Waals surface area contributed by atoms with Gasteiger partial charge in [-0.05, 0) is 71.1 Å². The van der Waals surface area contributed by atoms with Gasteiger partial charge in [-0.15, -0.1) is 0 Å². The van der Waals surface area contributed by atoms with Crippen molar-refractivity contribution in [1.82, 2.24) is 0 Å². The second-order valence-electron chi connectivity index (χ2n) is 7.62. The topological polar surface area (TPSA) is 55.8 Å². The van der Waals surface area contributed by atoms with E-state index in [0.717, 1.165) is 28.4 Å². The zero-order valence-electron chi connectivity index (χ0n) is 15.1. The molecule has 0 unspecified atom stereocenters. The summed E-state index contributed by atoms with van der Waals surface area (Å²) in [5, 5.41) is 11.4. The Bertz CT molecular complexity index is 1030. The first-order valence-corrected chi connectivity index (χ1v) is 10.5. The van der Waals surface area contributed by atoms with Gasteiger partial charge in [0.05, 0.1) is 34.6 Å². The third-order valence-electron chi connectivity index (χ3n) is 6.00. The third kappa shape index (κ3) is 2.71. The highest BCUT2D eigenvalue weighted by atomic mass is 79.9. The zero-order chi connectivity index (χ0) is 19.6. The van der Waals surface area contributed by atoms with Crippen LogP contribution in [0.3, 0.4) is 0 Å². The van der Waals surface area contributed by atoms with E-state index in [-0.39, 0.29) is 35.6 Å². The lowest BCUT2D eigenvalue weighted by Gasteiger charge is -2.19. The first-order chi connectivity index (χ1) is 13.4. The van der Waals surface area contributed by atoms with Crippen LogP contribution in [0.15, 0.2) is 46.6 Å². The highest BCUT2D eigenvalue weighted by molar-refractivity contribution is 9.10. The predicted octanol–water partition coefficient (Wildman–Crippen LogP) is 5.85. The number of aryl methyl sites for hydroxylation is 1. The molecule has 2 aromatic carbocycles. The van der Waals surface area contributed by atoms with Crippen molar-refractivity contribution in [3.63, 3.8) is 0 Å². The summed E-state index contributed by atoms with van der Waals surface area (Å²) in [6.45, 7) is 1.93. The average Bonchev–Trinajstić information content (AvgIpc) is 3.34. The normalized spacial score (nSPS) is 28.2. The van der Waals surface area contributed by atoms with Crippen LogP contribution in [0.25, 0.3) is 5.57 Å². The minimum Gasteiger partial charge on any atom is -0.511 e. The van der Waals surface area contributed by atoms with Crippen molar-refractivity contribution >= 4 is 38.9 Å². The zero-order valence-corrected chi connectivity index (χ0v) is 17.5. The lowest BCUT2D eigenvalue weighted by Crippen LogP contribution is -2.29. The van der Waals surface area contributed by atoms with E-state index in [1.54, 1.807) is 6.07 Å². The molecular formula is C22H18BrClO4. The van der Waals surface area contributed by atoms with E-state index in [4.69, 9.17) is 21.1 Å². The Labute approximate surface area is 176 Å². The van der Waals surface area contributed by atoms with E-state index >= 15 is 0 Å².